The Hall–Kier alpha value is -2.10. The van der Waals surface area contributed by atoms with Gasteiger partial charge in [0.1, 0.15) is 5.75 Å². The van der Waals surface area contributed by atoms with E-state index in [4.69, 9.17) is 0 Å². The van der Waals surface area contributed by atoms with E-state index < -0.39 is 0 Å². The molecule has 3 aliphatic rings. The molecule has 28 heavy (non-hydrogen) atoms. The third-order valence-electron chi connectivity index (χ3n) is 5.81. The number of rotatable bonds is 5. The van der Waals surface area contributed by atoms with Crippen molar-refractivity contribution < 1.29 is 14.7 Å². The number of likely N-dealkylation sites (tertiary alicyclic amines) is 1. The van der Waals surface area contributed by atoms with Gasteiger partial charge in [-0.3, -0.25) is 19.5 Å². The molecule has 0 aromatic heterocycles. The van der Waals surface area contributed by atoms with E-state index in [0.29, 0.717) is 25.6 Å². The number of phenolic OH excluding ortho intramolecular Hbond substituents is 1. The minimum absolute atomic E-state index is 0. The minimum atomic E-state index is -0.139. The van der Waals surface area contributed by atoms with Crippen LogP contribution in [-0.4, -0.2) is 47.9 Å². The molecule has 2 fully saturated rings. The van der Waals surface area contributed by atoms with Crippen LogP contribution >= 0.6 is 24.0 Å². The largest absolute Gasteiger partial charge is 0.508 e. The fourth-order valence-corrected chi connectivity index (χ4v) is 4.49. The number of phenols is 1. The highest BCUT2D eigenvalue weighted by molar-refractivity contribution is 14.0. The van der Waals surface area contributed by atoms with Gasteiger partial charge in [-0.2, -0.15) is 0 Å². The van der Waals surface area contributed by atoms with E-state index in [1.165, 1.54) is 4.90 Å². The Bertz CT molecular complexity index is 778. The maximum Gasteiger partial charge on any atom is 0.233 e. The maximum atomic E-state index is 12.6. The molecule has 4 rings (SSSR count). The molecule has 1 saturated carbocycles. The summed E-state index contributed by atoms with van der Waals surface area (Å²) in [5.74, 6) is 1.01. The number of guanidine groups is 1. The lowest BCUT2D eigenvalue weighted by Gasteiger charge is -2.18. The molecule has 2 bridgehead atoms. The van der Waals surface area contributed by atoms with E-state index in [0.717, 1.165) is 12.0 Å². The highest BCUT2D eigenvalue weighted by Gasteiger charge is 2.58. The molecule has 2 aliphatic carbocycles. The maximum absolute atomic E-state index is 12.6. The molecule has 150 valence electrons. The number of carbonyl (C=O) groups excluding carboxylic acids is 2. The number of amides is 2. The van der Waals surface area contributed by atoms with Crippen LogP contribution in [0.1, 0.15) is 12.0 Å². The van der Waals surface area contributed by atoms with E-state index in [-0.39, 0.29) is 65.2 Å². The average Bonchev–Trinajstić information content (AvgIpc) is 3.35. The fourth-order valence-electron chi connectivity index (χ4n) is 4.49. The summed E-state index contributed by atoms with van der Waals surface area (Å²) in [6.07, 6.45) is 5.16. The van der Waals surface area contributed by atoms with Crippen LogP contribution in [0.3, 0.4) is 0 Å². The highest BCUT2D eigenvalue weighted by Crippen LogP contribution is 2.52. The van der Waals surface area contributed by atoms with Gasteiger partial charge in [0.25, 0.3) is 0 Å². The number of aromatic hydroxyl groups is 1. The van der Waals surface area contributed by atoms with Gasteiger partial charge in [0.05, 0.1) is 11.8 Å². The summed E-state index contributed by atoms with van der Waals surface area (Å²) < 4.78 is 0. The summed E-state index contributed by atoms with van der Waals surface area (Å²) in [6.45, 7) is 1.36. The molecule has 1 heterocycles. The first kappa shape index (κ1) is 20.6. The van der Waals surface area contributed by atoms with Gasteiger partial charge in [-0.25, -0.2) is 0 Å². The van der Waals surface area contributed by atoms with Crippen LogP contribution < -0.4 is 10.6 Å². The summed E-state index contributed by atoms with van der Waals surface area (Å²) >= 11 is 0. The first-order chi connectivity index (χ1) is 13.1. The lowest BCUT2D eigenvalue weighted by atomic mass is 9.85. The lowest BCUT2D eigenvalue weighted by Crippen LogP contribution is -2.43. The van der Waals surface area contributed by atoms with Crippen molar-refractivity contribution >= 4 is 41.8 Å². The van der Waals surface area contributed by atoms with Crippen LogP contribution in [0.2, 0.25) is 0 Å². The van der Waals surface area contributed by atoms with Crippen molar-refractivity contribution in [1.82, 2.24) is 15.5 Å². The van der Waals surface area contributed by atoms with Crippen molar-refractivity contribution in [3.05, 3.63) is 42.0 Å². The van der Waals surface area contributed by atoms with Crippen molar-refractivity contribution in [2.75, 3.05) is 20.1 Å². The second-order valence-corrected chi connectivity index (χ2v) is 7.35. The smallest absolute Gasteiger partial charge is 0.233 e. The van der Waals surface area contributed by atoms with Gasteiger partial charge in [0, 0.05) is 26.7 Å². The van der Waals surface area contributed by atoms with E-state index in [1.807, 2.05) is 12.1 Å². The highest BCUT2D eigenvalue weighted by atomic mass is 127. The quantitative estimate of drug-likeness (QED) is 0.189. The van der Waals surface area contributed by atoms with Crippen molar-refractivity contribution in [3.8, 4) is 5.75 Å². The minimum Gasteiger partial charge on any atom is -0.508 e. The van der Waals surface area contributed by atoms with Gasteiger partial charge in [-0.15, -0.1) is 24.0 Å². The van der Waals surface area contributed by atoms with Gasteiger partial charge in [-0.1, -0.05) is 24.3 Å². The predicted octanol–water partition coefficient (Wildman–Crippen LogP) is 1.48. The van der Waals surface area contributed by atoms with Gasteiger partial charge in [0.15, 0.2) is 5.96 Å². The van der Waals surface area contributed by atoms with Crippen LogP contribution in [0.4, 0.5) is 0 Å². The molecular formula is C20H25IN4O3. The number of benzene rings is 1. The van der Waals surface area contributed by atoms with E-state index in [1.54, 1.807) is 19.2 Å². The Morgan fingerprint density at radius 3 is 2.29 bits per heavy atom. The Morgan fingerprint density at radius 2 is 1.71 bits per heavy atom. The first-order valence-corrected chi connectivity index (χ1v) is 9.34. The van der Waals surface area contributed by atoms with Crippen LogP contribution in [0.25, 0.3) is 0 Å². The summed E-state index contributed by atoms with van der Waals surface area (Å²) in [5, 5.41) is 15.6. The number of carbonyl (C=O) groups is 2. The molecule has 8 heteroatoms. The Labute approximate surface area is 181 Å². The molecular weight excluding hydrogens is 471 g/mol. The predicted molar refractivity (Wildman–Crippen MR) is 116 cm³/mol. The van der Waals surface area contributed by atoms with E-state index in [2.05, 4.69) is 27.8 Å². The molecule has 1 aliphatic heterocycles. The van der Waals surface area contributed by atoms with Crippen LogP contribution in [-0.2, 0) is 16.1 Å². The Kier molecular flexibility index (Phi) is 6.26. The number of aliphatic imine (C=N–C) groups is 1. The fraction of sp³-hybridized carbons (Fsp3) is 0.450. The van der Waals surface area contributed by atoms with Gasteiger partial charge < -0.3 is 15.7 Å². The monoisotopic (exact) mass is 496 g/mol. The Balaban J connectivity index is 0.00000225. The summed E-state index contributed by atoms with van der Waals surface area (Å²) in [4.78, 5) is 30.9. The molecule has 1 aromatic rings. The molecule has 7 nitrogen and oxygen atoms in total. The number of hydrogen-bond donors (Lipinski definition) is 3. The molecule has 4 atom stereocenters. The van der Waals surface area contributed by atoms with E-state index in [9.17, 15) is 14.7 Å². The van der Waals surface area contributed by atoms with Crippen molar-refractivity contribution in [2.45, 2.75) is 13.0 Å². The van der Waals surface area contributed by atoms with Gasteiger partial charge in [0.2, 0.25) is 11.8 Å². The summed E-state index contributed by atoms with van der Waals surface area (Å²) in [7, 11) is 1.67. The van der Waals surface area contributed by atoms with Crippen molar-refractivity contribution in [1.29, 1.82) is 0 Å². The number of nitrogens with one attached hydrogen (secondary N) is 2. The average molecular weight is 496 g/mol. The van der Waals surface area contributed by atoms with Crippen LogP contribution in [0.15, 0.2) is 41.4 Å². The topological polar surface area (TPSA) is 94.0 Å². The molecule has 4 unspecified atom stereocenters. The van der Waals surface area contributed by atoms with Gasteiger partial charge in [-0.05, 0) is 36.0 Å². The van der Waals surface area contributed by atoms with Crippen molar-refractivity contribution in [3.63, 3.8) is 0 Å². The SMILES string of the molecule is CN=C(NCCN1C(=O)C2C3C=CC(C3)C2C1=O)NCc1ccc(O)cc1.I. The standard InChI is InChI=1S/C20H24N4O3.HI/c1-21-20(23-11-12-2-6-15(25)7-3-12)22-8-9-24-18(26)16-13-4-5-14(10-13)17(16)19(24)27;/h2-7,13-14,16-17,25H,8-11H2,1H3,(H2,21,22,23);1H. The molecule has 1 aromatic carbocycles. The zero-order valence-electron chi connectivity index (χ0n) is 15.7. The zero-order chi connectivity index (χ0) is 19.0. The first-order valence-electron chi connectivity index (χ1n) is 9.34. The third-order valence-corrected chi connectivity index (χ3v) is 5.81. The number of allylic oxidation sites excluding steroid dienone is 2. The summed E-state index contributed by atoms with van der Waals surface area (Å²) in [6, 6.07) is 6.93. The second kappa shape index (κ2) is 8.50. The molecule has 1 saturated heterocycles. The van der Waals surface area contributed by atoms with E-state index >= 15 is 0 Å². The van der Waals surface area contributed by atoms with Crippen LogP contribution in [0.5, 0.6) is 5.75 Å². The normalized spacial score (nSPS) is 27.8. The number of hydrogen-bond acceptors (Lipinski definition) is 4. The molecule has 2 amide bonds. The second-order valence-electron chi connectivity index (χ2n) is 7.35. The number of halogens is 1. The molecule has 0 spiro atoms. The number of imide groups is 1. The third kappa shape index (κ3) is 3.74. The summed E-state index contributed by atoms with van der Waals surface area (Å²) in [5.41, 5.74) is 1.01. The van der Waals surface area contributed by atoms with Crippen LogP contribution in [0, 0.1) is 23.7 Å². The zero-order valence-corrected chi connectivity index (χ0v) is 18.0. The van der Waals surface area contributed by atoms with Crippen molar-refractivity contribution in [2.24, 2.45) is 28.7 Å². The Morgan fingerprint density at radius 1 is 1.11 bits per heavy atom. The molecule has 0 radical (unpaired) electrons. The lowest BCUT2D eigenvalue weighted by molar-refractivity contribution is -0.140. The number of nitrogens with zero attached hydrogens (tertiary/aromatic N) is 2. The van der Waals surface area contributed by atoms with Gasteiger partial charge >= 0.3 is 0 Å². The molecule has 3 N–H and O–H groups in total. The number of fused-ring (bicyclic) bond motifs is 5.